The molecule has 0 aliphatic heterocycles. The minimum Gasteiger partial charge on any atom is -0.368 e. The second-order valence-electron chi connectivity index (χ2n) is 5.47. The van der Waals surface area contributed by atoms with Gasteiger partial charge in [-0.2, -0.15) is 5.10 Å². The van der Waals surface area contributed by atoms with Crippen LogP contribution in [-0.4, -0.2) is 38.0 Å². The van der Waals surface area contributed by atoms with Crippen LogP contribution in [0.1, 0.15) is 40.0 Å². The third-order valence-electron chi connectivity index (χ3n) is 3.12. The molecule has 1 aromatic rings. The normalized spacial score (nSPS) is 14.4. The number of hydrogen-bond acceptors (Lipinski definition) is 5. The molecule has 20 heavy (non-hydrogen) atoms. The lowest BCUT2D eigenvalue weighted by molar-refractivity contribution is -0.124. The summed E-state index contributed by atoms with van der Waals surface area (Å²) in [6.07, 6.45) is 4.27. The first-order valence-electron chi connectivity index (χ1n) is 6.89. The summed E-state index contributed by atoms with van der Waals surface area (Å²) in [5, 5.41) is 8.21. The average Bonchev–Trinajstić information content (AvgIpc) is 2.73. The molecule has 114 valence electrons. The van der Waals surface area contributed by atoms with Gasteiger partial charge in [0.2, 0.25) is 5.91 Å². The Bertz CT molecular complexity index is 434. The molecule has 1 unspecified atom stereocenters. The van der Waals surface area contributed by atoms with Crippen LogP contribution in [0.15, 0.2) is 11.5 Å². The quantitative estimate of drug-likeness (QED) is 0.530. The Hall–Kier alpha value is -1.08. The smallest absolute Gasteiger partial charge is 0.237 e. The summed E-state index contributed by atoms with van der Waals surface area (Å²) in [4.78, 5) is 15.7. The number of primary amides is 1. The molecule has 3 N–H and O–H groups in total. The largest absolute Gasteiger partial charge is 0.368 e. The Balaban J connectivity index is 2.31. The van der Waals surface area contributed by atoms with Gasteiger partial charge in [-0.25, -0.2) is 9.67 Å². The van der Waals surface area contributed by atoms with E-state index < -0.39 is 5.54 Å². The van der Waals surface area contributed by atoms with Crippen molar-refractivity contribution in [3.63, 3.8) is 0 Å². The molecule has 0 fully saturated rings. The van der Waals surface area contributed by atoms with Crippen LogP contribution in [-0.2, 0) is 11.8 Å². The van der Waals surface area contributed by atoms with Gasteiger partial charge < -0.3 is 11.1 Å². The van der Waals surface area contributed by atoms with E-state index in [0.29, 0.717) is 0 Å². The molecular weight excluding hydrogens is 274 g/mol. The van der Waals surface area contributed by atoms with Crippen LogP contribution in [0.5, 0.6) is 0 Å². The molecule has 1 rings (SSSR count). The number of nitrogens with zero attached hydrogens (tertiary/aromatic N) is 3. The van der Waals surface area contributed by atoms with Gasteiger partial charge in [0, 0.05) is 18.8 Å². The van der Waals surface area contributed by atoms with Crippen molar-refractivity contribution < 1.29 is 4.79 Å². The predicted molar refractivity (Wildman–Crippen MR) is 81.4 cm³/mol. The summed E-state index contributed by atoms with van der Waals surface area (Å²) >= 11 is 1.68. The molecule has 1 atom stereocenters. The number of nitrogens with one attached hydrogen (secondary N) is 1. The van der Waals surface area contributed by atoms with E-state index in [1.54, 1.807) is 22.8 Å². The van der Waals surface area contributed by atoms with Crippen LogP contribution in [0, 0.1) is 0 Å². The number of thioether (sulfide) groups is 1. The molecule has 0 aliphatic rings. The number of aromatic nitrogens is 3. The van der Waals surface area contributed by atoms with Gasteiger partial charge in [0.05, 0.1) is 5.54 Å². The molecule has 6 nitrogen and oxygen atoms in total. The topological polar surface area (TPSA) is 85.8 Å². The zero-order valence-corrected chi connectivity index (χ0v) is 13.5. The zero-order valence-electron chi connectivity index (χ0n) is 12.7. The Kier molecular flexibility index (Phi) is 6.48. The lowest BCUT2D eigenvalue weighted by Crippen LogP contribution is -2.55. The van der Waals surface area contributed by atoms with E-state index in [0.717, 1.165) is 30.2 Å². The minimum atomic E-state index is -0.621. The van der Waals surface area contributed by atoms with Crippen molar-refractivity contribution in [2.75, 3.05) is 5.75 Å². The van der Waals surface area contributed by atoms with Crippen molar-refractivity contribution in [2.45, 2.75) is 56.8 Å². The van der Waals surface area contributed by atoms with Crippen LogP contribution in [0.3, 0.4) is 0 Å². The van der Waals surface area contributed by atoms with Crippen LogP contribution < -0.4 is 11.1 Å². The van der Waals surface area contributed by atoms with Gasteiger partial charge in [0.15, 0.2) is 5.16 Å². The number of unbranched alkanes of at least 4 members (excludes halogenated alkanes) is 1. The summed E-state index contributed by atoms with van der Waals surface area (Å²) in [6.45, 7) is 5.92. The molecular formula is C13H25N5OS. The Morgan fingerprint density at radius 3 is 2.75 bits per heavy atom. The number of rotatable bonds is 9. The first-order chi connectivity index (χ1) is 9.35. The maximum atomic E-state index is 11.6. The molecule has 0 radical (unpaired) electrons. The monoisotopic (exact) mass is 299 g/mol. The second kappa shape index (κ2) is 7.64. The van der Waals surface area contributed by atoms with Gasteiger partial charge >= 0.3 is 0 Å². The molecule has 0 spiro atoms. The van der Waals surface area contributed by atoms with Crippen molar-refractivity contribution in [1.29, 1.82) is 0 Å². The fourth-order valence-electron chi connectivity index (χ4n) is 2.06. The van der Waals surface area contributed by atoms with Crippen molar-refractivity contribution in [3.05, 3.63) is 6.33 Å². The number of aryl methyl sites for hydroxylation is 1. The van der Waals surface area contributed by atoms with E-state index >= 15 is 0 Å². The number of carbonyl (C=O) groups excluding carboxylic acids is 1. The molecule has 1 heterocycles. The minimum absolute atomic E-state index is 0.237. The first-order valence-corrected chi connectivity index (χ1v) is 7.88. The summed E-state index contributed by atoms with van der Waals surface area (Å²) < 4.78 is 1.76. The summed E-state index contributed by atoms with van der Waals surface area (Å²) in [6, 6.07) is 0.237. The van der Waals surface area contributed by atoms with Crippen molar-refractivity contribution >= 4 is 17.7 Å². The number of nitrogens with two attached hydrogens (primary N) is 1. The van der Waals surface area contributed by atoms with E-state index in [-0.39, 0.29) is 11.9 Å². The highest BCUT2D eigenvalue weighted by Crippen LogP contribution is 2.19. The lowest BCUT2D eigenvalue weighted by atomic mass is 9.93. The SMILES string of the molecule is CC(C)NC(C)(CCCCSc1ncnn1C)C(N)=O. The van der Waals surface area contributed by atoms with Gasteiger partial charge in [-0.3, -0.25) is 4.79 Å². The van der Waals surface area contributed by atoms with E-state index in [1.165, 1.54) is 0 Å². The third-order valence-corrected chi connectivity index (χ3v) is 4.24. The van der Waals surface area contributed by atoms with Crippen LogP contribution in [0.4, 0.5) is 0 Å². The highest BCUT2D eigenvalue weighted by molar-refractivity contribution is 7.99. The summed E-state index contributed by atoms with van der Waals surface area (Å²) in [7, 11) is 1.88. The van der Waals surface area contributed by atoms with Gasteiger partial charge in [0.1, 0.15) is 6.33 Å². The molecule has 0 saturated heterocycles. The number of amides is 1. The maximum absolute atomic E-state index is 11.6. The second-order valence-corrected chi connectivity index (χ2v) is 6.53. The highest BCUT2D eigenvalue weighted by Gasteiger charge is 2.30. The number of hydrogen-bond donors (Lipinski definition) is 2. The fraction of sp³-hybridized carbons (Fsp3) is 0.769. The first kappa shape index (κ1) is 17.0. The molecule has 7 heteroatoms. The van der Waals surface area contributed by atoms with Gasteiger partial charge in [-0.1, -0.05) is 18.2 Å². The van der Waals surface area contributed by atoms with E-state index in [1.807, 2.05) is 27.8 Å². The standard InChI is InChI=1S/C13H25N5OS/c1-10(2)17-13(3,11(14)19)7-5-6-8-20-12-15-9-16-18(12)4/h9-10,17H,5-8H2,1-4H3,(H2,14,19). The molecule has 0 aliphatic carbocycles. The van der Waals surface area contributed by atoms with E-state index in [9.17, 15) is 4.79 Å². The van der Waals surface area contributed by atoms with Gasteiger partial charge in [-0.05, 0) is 33.6 Å². The summed E-state index contributed by atoms with van der Waals surface area (Å²) in [5.41, 5.74) is 4.88. The van der Waals surface area contributed by atoms with Crippen molar-refractivity contribution in [1.82, 2.24) is 20.1 Å². The molecule has 0 saturated carbocycles. The van der Waals surface area contributed by atoms with Gasteiger partial charge in [0.25, 0.3) is 0 Å². The predicted octanol–water partition coefficient (Wildman–Crippen LogP) is 1.32. The highest BCUT2D eigenvalue weighted by atomic mass is 32.2. The number of carbonyl (C=O) groups is 1. The molecule has 0 bridgehead atoms. The van der Waals surface area contributed by atoms with Crippen LogP contribution in [0.2, 0.25) is 0 Å². The fourth-order valence-corrected chi connectivity index (χ4v) is 2.95. The lowest BCUT2D eigenvalue weighted by Gasteiger charge is -2.29. The Morgan fingerprint density at radius 2 is 2.25 bits per heavy atom. The zero-order chi connectivity index (χ0) is 15.2. The summed E-state index contributed by atoms with van der Waals surface area (Å²) in [5.74, 6) is 0.676. The maximum Gasteiger partial charge on any atom is 0.237 e. The van der Waals surface area contributed by atoms with Crippen LogP contribution >= 0.6 is 11.8 Å². The van der Waals surface area contributed by atoms with E-state index in [2.05, 4.69) is 15.4 Å². The van der Waals surface area contributed by atoms with Gasteiger partial charge in [-0.15, -0.1) is 0 Å². The van der Waals surface area contributed by atoms with Crippen molar-refractivity contribution in [2.24, 2.45) is 12.8 Å². The van der Waals surface area contributed by atoms with Crippen LogP contribution in [0.25, 0.3) is 0 Å². The Morgan fingerprint density at radius 1 is 1.55 bits per heavy atom. The van der Waals surface area contributed by atoms with Crippen molar-refractivity contribution in [3.8, 4) is 0 Å². The van der Waals surface area contributed by atoms with E-state index in [4.69, 9.17) is 5.73 Å². The third kappa shape index (κ3) is 5.13. The Labute approximate surface area is 124 Å². The molecule has 1 amide bonds. The average molecular weight is 299 g/mol. The molecule has 0 aromatic carbocycles. The molecule has 1 aromatic heterocycles.